The highest BCUT2D eigenvalue weighted by atomic mass is 19.1. The standard InChI is InChI=1S/C24H24FN3O2/c1-15(29)28-11-7-10-17(14-28)19-12-18(16-8-5-4-6-9-16)20-13-21(24(30)27(2)3)26-23(20)22(19)25/h4-6,8-10,12-13,26H,7,11,14H2,1-3H3. The number of halogens is 1. The topological polar surface area (TPSA) is 56.4 Å². The summed E-state index contributed by atoms with van der Waals surface area (Å²) in [7, 11) is 3.33. The predicted molar refractivity (Wildman–Crippen MR) is 117 cm³/mol. The minimum Gasteiger partial charge on any atom is -0.348 e. The summed E-state index contributed by atoms with van der Waals surface area (Å²) in [5.74, 6) is -0.644. The van der Waals surface area contributed by atoms with Crippen molar-refractivity contribution in [3.8, 4) is 11.1 Å². The van der Waals surface area contributed by atoms with Crippen LogP contribution in [0, 0.1) is 5.82 Å². The SMILES string of the molecule is CC(=O)N1CCC=C(c2cc(-c3ccccc3)c3cc(C(=O)N(C)C)[nH]c3c2F)C1. The molecule has 0 saturated heterocycles. The van der Waals surface area contributed by atoms with E-state index in [0.29, 0.717) is 41.7 Å². The van der Waals surface area contributed by atoms with Crippen molar-refractivity contribution < 1.29 is 14.0 Å². The Labute approximate surface area is 174 Å². The molecular weight excluding hydrogens is 381 g/mol. The van der Waals surface area contributed by atoms with Gasteiger partial charge in [-0.3, -0.25) is 9.59 Å². The first-order valence-corrected chi connectivity index (χ1v) is 9.94. The van der Waals surface area contributed by atoms with Crippen LogP contribution in [0.15, 0.2) is 48.5 Å². The number of amides is 2. The van der Waals surface area contributed by atoms with E-state index in [2.05, 4.69) is 4.98 Å². The van der Waals surface area contributed by atoms with E-state index in [1.807, 2.05) is 42.5 Å². The van der Waals surface area contributed by atoms with Crippen molar-refractivity contribution in [3.05, 3.63) is 65.6 Å². The van der Waals surface area contributed by atoms with E-state index in [4.69, 9.17) is 0 Å². The summed E-state index contributed by atoms with van der Waals surface area (Å²) < 4.78 is 15.7. The van der Waals surface area contributed by atoms with Crippen molar-refractivity contribution in [1.29, 1.82) is 0 Å². The Hall–Kier alpha value is -3.41. The summed E-state index contributed by atoms with van der Waals surface area (Å²) in [5.41, 5.74) is 3.66. The molecule has 4 rings (SSSR count). The Morgan fingerprint density at radius 1 is 1.10 bits per heavy atom. The maximum atomic E-state index is 15.7. The van der Waals surface area contributed by atoms with Crippen molar-refractivity contribution in [1.82, 2.24) is 14.8 Å². The van der Waals surface area contributed by atoms with Crippen molar-refractivity contribution in [2.75, 3.05) is 27.2 Å². The van der Waals surface area contributed by atoms with Gasteiger partial charge in [0.25, 0.3) is 5.91 Å². The van der Waals surface area contributed by atoms with Crippen molar-refractivity contribution >= 4 is 28.3 Å². The molecule has 1 N–H and O–H groups in total. The zero-order chi connectivity index (χ0) is 21.4. The van der Waals surface area contributed by atoms with Gasteiger partial charge in [0.15, 0.2) is 5.82 Å². The van der Waals surface area contributed by atoms with Crippen LogP contribution in [-0.2, 0) is 4.79 Å². The quantitative estimate of drug-likeness (QED) is 0.706. The van der Waals surface area contributed by atoms with E-state index in [0.717, 1.165) is 16.7 Å². The second-order valence-electron chi connectivity index (χ2n) is 7.78. The summed E-state index contributed by atoms with van der Waals surface area (Å²) in [4.78, 5) is 30.5. The van der Waals surface area contributed by atoms with E-state index in [1.165, 1.54) is 11.8 Å². The van der Waals surface area contributed by atoms with E-state index in [-0.39, 0.29) is 11.8 Å². The molecule has 0 bridgehead atoms. The lowest BCUT2D eigenvalue weighted by Gasteiger charge is -2.27. The highest BCUT2D eigenvalue weighted by molar-refractivity contribution is 6.04. The predicted octanol–water partition coefficient (Wildman–Crippen LogP) is 4.31. The minimum absolute atomic E-state index is 0.0240. The molecule has 0 saturated carbocycles. The largest absolute Gasteiger partial charge is 0.348 e. The first-order chi connectivity index (χ1) is 14.4. The van der Waals surface area contributed by atoms with Gasteiger partial charge in [-0.2, -0.15) is 0 Å². The van der Waals surface area contributed by atoms with Gasteiger partial charge in [0, 0.05) is 45.1 Å². The third-order valence-electron chi connectivity index (χ3n) is 5.52. The number of fused-ring (bicyclic) bond motifs is 1. The number of rotatable bonds is 3. The first kappa shape index (κ1) is 19.9. The summed E-state index contributed by atoms with van der Waals surface area (Å²) in [6, 6.07) is 13.3. The lowest BCUT2D eigenvalue weighted by Crippen LogP contribution is -2.33. The first-order valence-electron chi connectivity index (χ1n) is 9.94. The van der Waals surface area contributed by atoms with E-state index < -0.39 is 5.82 Å². The van der Waals surface area contributed by atoms with Crippen molar-refractivity contribution in [3.63, 3.8) is 0 Å². The number of benzene rings is 2. The van der Waals surface area contributed by atoms with Gasteiger partial charge in [0.1, 0.15) is 5.69 Å². The summed E-state index contributed by atoms with van der Waals surface area (Å²) in [5, 5.41) is 0.660. The molecule has 0 atom stereocenters. The van der Waals surface area contributed by atoms with Crippen molar-refractivity contribution in [2.24, 2.45) is 0 Å². The van der Waals surface area contributed by atoms with Gasteiger partial charge in [-0.05, 0) is 35.3 Å². The maximum absolute atomic E-state index is 15.7. The monoisotopic (exact) mass is 405 g/mol. The normalized spacial score (nSPS) is 14.0. The molecule has 1 aliphatic heterocycles. The van der Waals surface area contributed by atoms with Crippen LogP contribution in [0.25, 0.3) is 27.6 Å². The molecule has 2 heterocycles. The van der Waals surface area contributed by atoms with Gasteiger partial charge in [0.05, 0.1) is 5.52 Å². The number of carbonyl (C=O) groups excluding carboxylic acids is 2. The molecular formula is C24H24FN3O2. The average Bonchev–Trinajstić information content (AvgIpc) is 3.20. The van der Waals surface area contributed by atoms with E-state index in [1.54, 1.807) is 25.1 Å². The smallest absolute Gasteiger partial charge is 0.269 e. The fourth-order valence-corrected chi connectivity index (χ4v) is 3.91. The molecule has 0 radical (unpaired) electrons. The molecule has 154 valence electrons. The lowest BCUT2D eigenvalue weighted by atomic mass is 9.93. The number of hydrogen-bond acceptors (Lipinski definition) is 2. The third kappa shape index (κ3) is 3.49. The van der Waals surface area contributed by atoms with Crippen LogP contribution in [0.2, 0.25) is 0 Å². The van der Waals surface area contributed by atoms with E-state index in [9.17, 15) is 9.59 Å². The van der Waals surface area contributed by atoms with Gasteiger partial charge in [0.2, 0.25) is 5.91 Å². The molecule has 2 amide bonds. The molecule has 0 aliphatic carbocycles. The Balaban J connectivity index is 1.94. The number of nitrogens with one attached hydrogen (secondary N) is 1. The minimum atomic E-state index is -0.404. The molecule has 30 heavy (non-hydrogen) atoms. The van der Waals surface area contributed by atoms with Crippen LogP contribution in [0.1, 0.15) is 29.4 Å². The summed E-state index contributed by atoms with van der Waals surface area (Å²) in [6.45, 7) is 2.54. The molecule has 1 aromatic heterocycles. The summed E-state index contributed by atoms with van der Waals surface area (Å²) >= 11 is 0. The van der Waals surface area contributed by atoms with Gasteiger partial charge in [-0.1, -0.05) is 36.4 Å². The fraction of sp³-hybridized carbons (Fsp3) is 0.250. The zero-order valence-corrected chi connectivity index (χ0v) is 17.3. The number of carbonyl (C=O) groups is 2. The van der Waals surface area contributed by atoms with Gasteiger partial charge in [-0.15, -0.1) is 0 Å². The highest BCUT2D eigenvalue weighted by Crippen LogP contribution is 2.36. The van der Waals surface area contributed by atoms with Crippen LogP contribution < -0.4 is 0 Å². The van der Waals surface area contributed by atoms with Crippen LogP contribution >= 0.6 is 0 Å². The molecule has 2 aromatic carbocycles. The molecule has 0 fully saturated rings. The molecule has 6 heteroatoms. The third-order valence-corrected chi connectivity index (χ3v) is 5.52. The molecule has 1 aliphatic rings. The Morgan fingerprint density at radius 3 is 2.50 bits per heavy atom. The van der Waals surface area contributed by atoms with Crippen LogP contribution in [0.5, 0.6) is 0 Å². The second-order valence-corrected chi connectivity index (χ2v) is 7.78. The fourth-order valence-electron chi connectivity index (χ4n) is 3.91. The van der Waals surface area contributed by atoms with Crippen LogP contribution in [0.3, 0.4) is 0 Å². The van der Waals surface area contributed by atoms with Gasteiger partial charge in [-0.25, -0.2) is 4.39 Å². The Bertz CT molecular complexity index is 1160. The second kappa shape index (κ2) is 7.78. The lowest BCUT2D eigenvalue weighted by molar-refractivity contribution is -0.128. The Kier molecular flexibility index (Phi) is 5.16. The van der Waals surface area contributed by atoms with Crippen LogP contribution in [0.4, 0.5) is 4.39 Å². The van der Waals surface area contributed by atoms with Crippen LogP contribution in [-0.4, -0.2) is 53.8 Å². The van der Waals surface area contributed by atoms with Gasteiger partial charge < -0.3 is 14.8 Å². The average molecular weight is 405 g/mol. The molecule has 0 spiro atoms. The zero-order valence-electron chi connectivity index (χ0n) is 17.3. The number of nitrogens with zero attached hydrogens (tertiary/aromatic N) is 2. The van der Waals surface area contributed by atoms with E-state index >= 15 is 4.39 Å². The Morgan fingerprint density at radius 2 is 1.83 bits per heavy atom. The number of aromatic nitrogens is 1. The summed E-state index contributed by atoms with van der Waals surface area (Å²) in [6.07, 6.45) is 2.68. The number of hydrogen-bond donors (Lipinski definition) is 1. The maximum Gasteiger partial charge on any atom is 0.269 e. The number of aromatic amines is 1. The highest BCUT2D eigenvalue weighted by Gasteiger charge is 2.23. The molecule has 5 nitrogen and oxygen atoms in total. The van der Waals surface area contributed by atoms with Crippen molar-refractivity contribution in [2.45, 2.75) is 13.3 Å². The molecule has 3 aromatic rings. The van der Waals surface area contributed by atoms with Gasteiger partial charge >= 0.3 is 0 Å². The molecule has 0 unspecified atom stereocenters. The number of H-pyrrole nitrogens is 1.